The Morgan fingerprint density at radius 1 is 1.62 bits per heavy atom. The van der Waals surface area contributed by atoms with Crippen molar-refractivity contribution in [2.45, 2.75) is 26.3 Å². The summed E-state index contributed by atoms with van der Waals surface area (Å²) in [6.45, 7) is 10.2. The van der Waals surface area contributed by atoms with Crippen LogP contribution in [0.5, 0.6) is 0 Å². The molecule has 0 fully saturated rings. The molecule has 1 atom stereocenters. The van der Waals surface area contributed by atoms with Crippen molar-refractivity contribution < 1.29 is 4.74 Å². The predicted molar refractivity (Wildman–Crippen MR) is 68.9 cm³/mol. The Kier molecular flexibility index (Phi) is 6.30. The quantitative estimate of drug-likeness (QED) is 0.560. The molecule has 0 saturated carbocycles. The third-order valence-corrected chi connectivity index (χ3v) is 3.32. The average molecular weight is 240 g/mol. The summed E-state index contributed by atoms with van der Waals surface area (Å²) < 4.78 is 5.42. The minimum Gasteiger partial charge on any atom is -0.380 e. The fraction of sp³-hybridized carbons (Fsp3) is 0.583. The van der Waals surface area contributed by atoms with Gasteiger partial charge in [0, 0.05) is 23.7 Å². The zero-order valence-corrected chi connectivity index (χ0v) is 10.8. The molecule has 0 aromatic carbocycles. The van der Waals surface area contributed by atoms with Crippen LogP contribution < -0.4 is 5.32 Å². The lowest BCUT2D eigenvalue weighted by Gasteiger charge is -2.11. The van der Waals surface area contributed by atoms with E-state index < -0.39 is 0 Å². The second kappa shape index (κ2) is 7.54. The molecule has 4 heteroatoms. The van der Waals surface area contributed by atoms with Gasteiger partial charge in [-0.2, -0.15) is 0 Å². The molecule has 90 valence electrons. The van der Waals surface area contributed by atoms with Crippen LogP contribution in [-0.2, 0) is 4.74 Å². The van der Waals surface area contributed by atoms with Crippen molar-refractivity contribution in [2.75, 3.05) is 19.8 Å². The first-order valence-electron chi connectivity index (χ1n) is 5.58. The molecule has 0 saturated heterocycles. The molecule has 1 aromatic heterocycles. The number of aryl methyl sites for hydroxylation is 1. The van der Waals surface area contributed by atoms with E-state index in [1.54, 1.807) is 11.3 Å². The van der Waals surface area contributed by atoms with Gasteiger partial charge in [0.15, 0.2) is 0 Å². The Morgan fingerprint density at radius 2 is 2.44 bits per heavy atom. The number of nitrogens with one attached hydrogen (secondary N) is 1. The van der Waals surface area contributed by atoms with Gasteiger partial charge < -0.3 is 10.1 Å². The highest BCUT2D eigenvalue weighted by molar-refractivity contribution is 7.11. The van der Waals surface area contributed by atoms with Crippen molar-refractivity contribution in [1.29, 1.82) is 0 Å². The number of hydrogen-bond donors (Lipinski definition) is 1. The number of thiazole rings is 1. The van der Waals surface area contributed by atoms with Gasteiger partial charge in [0.25, 0.3) is 0 Å². The second-order valence-corrected chi connectivity index (χ2v) is 4.91. The van der Waals surface area contributed by atoms with E-state index in [1.807, 2.05) is 19.2 Å². The maximum atomic E-state index is 5.42. The lowest BCUT2D eigenvalue weighted by molar-refractivity contribution is 0.139. The summed E-state index contributed by atoms with van der Waals surface area (Å²) in [4.78, 5) is 5.52. The molecule has 0 aliphatic carbocycles. The van der Waals surface area contributed by atoms with E-state index in [4.69, 9.17) is 4.74 Å². The molecule has 0 aliphatic rings. The smallest absolute Gasteiger partial charge is 0.0897 e. The summed E-state index contributed by atoms with van der Waals surface area (Å²) >= 11 is 1.74. The van der Waals surface area contributed by atoms with Gasteiger partial charge in [0.1, 0.15) is 0 Å². The number of aromatic nitrogens is 1. The monoisotopic (exact) mass is 240 g/mol. The van der Waals surface area contributed by atoms with Crippen LogP contribution in [0.2, 0.25) is 0 Å². The van der Waals surface area contributed by atoms with Crippen LogP contribution in [0.15, 0.2) is 18.9 Å². The summed E-state index contributed by atoms with van der Waals surface area (Å²) in [6.07, 6.45) is 4.73. The molecule has 1 unspecified atom stereocenters. The summed E-state index contributed by atoms with van der Waals surface area (Å²) in [6, 6.07) is 0.356. The minimum absolute atomic E-state index is 0.356. The van der Waals surface area contributed by atoms with Crippen LogP contribution >= 0.6 is 11.3 Å². The highest BCUT2D eigenvalue weighted by Crippen LogP contribution is 2.19. The molecule has 0 amide bonds. The summed E-state index contributed by atoms with van der Waals surface area (Å²) in [5.74, 6) is 0. The SMILES string of the molecule is C=CCCOCCNC(C)c1cnc(C)s1. The molecule has 16 heavy (non-hydrogen) atoms. The van der Waals surface area contributed by atoms with E-state index in [2.05, 4.69) is 23.8 Å². The highest BCUT2D eigenvalue weighted by Gasteiger charge is 2.06. The van der Waals surface area contributed by atoms with E-state index >= 15 is 0 Å². The Balaban J connectivity index is 2.11. The van der Waals surface area contributed by atoms with Crippen molar-refractivity contribution in [2.24, 2.45) is 0 Å². The van der Waals surface area contributed by atoms with Crippen molar-refractivity contribution in [1.82, 2.24) is 10.3 Å². The van der Waals surface area contributed by atoms with E-state index in [9.17, 15) is 0 Å². The van der Waals surface area contributed by atoms with E-state index in [1.165, 1.54) is 4.88 Å². The van der Waals surface area contributed by atoms with Crippen LogP contribution in [0.3, 0.4) is 0 Å². The summed E-state index contributed by atoms with van der Waals surface area (Å²) in [7, 11) is 0. The number of rotatable bonds is 8. The molecule has 0 radical (unpaired) electrons. The van der Waals surface area contributed by atoms with Crippen molar-refractivity contribution in [3.63, 3.8) is 0 Å². The summed E-state index contributed by atoms with van der Waals surface area (Å²) in [5, 5.41) is 4.53. The molecule has 0 spiro atoms. The maximum Gasteiger partial charge on any atom is 0.0897 e. The van der Waals surface area contributed by atoms with Gasteiger partial charge in [-0.05, 0) is 20.3 Å². The van der Waals surface area contributed by atoms with E-state index in [-0.39, 0.29) is 0 Å². The Hall–Kier alpha value is -0.710. The van der Waals surface area contributed by atoms with Gasteiger partial charge in [0.2, 0.25) is 0 Å². The molecular formula is C12H20N2OS. The molecule has 0 aliphatic heterocycles. The number of nitrogens with zero attached hydrogens (tertiary/aromatic N) is 1. The zero-order valence-electron chi connectivity index (χ0n) is 10.0. The fourth-order valence-electron chi connectivity index (χ4n) is 1.29. The van der Waals surface area contributed by atoms with Crippen molar-refractivity contribution in [3.8, 4) is 0 Å². The average Bonchev–Trinajstić information content (AvgIpc) is 2.70. The molecule has 1 rings (SSSR count). The van der Waals surface area contributed by atoms with Crippen molar-refractivity contribution in [3.05, 3.63) is 28.7 Å². The largest absolute Gasteiger partial charge is 0.380 e. The summed E-state index contributed by atoms with van der Waals surface area (Å²) in [5.41, 5.74) is 0. The Labute approximate surface area is 102 Å². The molecule has 1 N–H and O–H groups in total. The first-order valence-corrected chi connectivity index (χ1v) is 6.40. The molecule has 1 heterocycles. The van der Waals surface area contributed by atoms with Gasteiger partial charge in [-0.25, -0.2) is 4.98 Å². The highest BCUT2D eigenvalue weighted by atomic mass is 32.1. The minimum atomic E-state index is 0.356. The zero-order chi connectivity index (χ0) is 11.8. The van der Waals surface area contributed by atoms with Gasteiger partial charge >= 0.3 is 0 Å². The van der Waals surface area contributed by atoms with Crippen LogP contribution in [-0.4, -0.2) is 24.7 Å². The Bertz CT molecular complexity index is 312. The fourth-order valence-corrected chi connectivity index (χ4v) is 2.11. The van der Waals surface area contributed by atoms with Crippen LogP contribution in [0.4, 0.5) is 0 Å². The third-order valence-electron chi connectivity index (χ3n) is 2.23. The topological polar surface area (TPSA) is 34.1 Å². The lowest BCUT2D eigenvalue weighted by atomic mass is 10.3. The number of hydrogen-bond acceptors (Lipinski definition) is 4. The van der Waals surface area contributed by atoms with Gasteiger partial charge in [-0.1, -0.05) is 6.08 Å². The van der Waals surface area contributed by atoms with Gasteiger partial charge in [0.05, 0.1) is 18.2 Å². The molecular weight excluding hydrogens is 220 g/mol. The standard InChI is InChI=1S/C12H20N2OS/c1-4-5-7-15-8-6-13-10(2)12-9-14-11(3)16-12/h4,9-10,13H,1,5-8H2,2-3H3. The van der Waals surface area contributed by atoms with Crippen molar-refractivity contribution >= 4 is 11.3 Å². The maximum absolute atomic E-state index is 5.42. The van der Waals surface area contributed by atoms with Crippen LogP contribution in [0, 0.1) is 6.92 Å². The van der Waals surface area contributed by atoms with E-state index in [0.717, 1.165) is 31.2 Å². The predicted octanol–water partition coefficient (Wildman–Crippen LogP) is 2.69. The lowest BCUT2D eigenvalue weighted by Crippen LogP contribution is -2.22. The first-order chi connectivity index (χ1) is 7.74. The van der Waals surface area contributed by atoms with Crippen LogP contribution in [0.25, 0.3) is 0 Å². The molecule has 0 bridgehead atoms. The normalized spacial score (nSPS) is 12.6. The molecule has 1 aromatic rings. The van der Waals surface area contributed by atoms with Gasteiger partial charge in [-0.3, -0.25) is 0 Å². The third kappa shape index (κ3) is 4.88. The van der Waals surface area contributed by atoms with Gasteiger partial charge in [-0.15, -0.1) is 17.9 Å². The Morgan fingerprint density at radius 3 is 3.06 bits per heavy atom. The van der Waals surface area contributed by atoms with E-state index in [0.29, 0.717) is 6.04 Å². The molecule has 3 nitrogen and oxygen atoms in total. The first kappa shape index (κ1) is 13.4. The second-order valence-electron chi connectivity index (χ2n) is 3.65. The van der Waals surface area contributed by atoms with Crippen LogP contribution in [0.1, 0.15) is 29.3 Å². The number of ether oxygens (including phenoxy) is 1.